The summed E-state index contributed by atoms with van der Waals surface area (Å²) in [6.45, 7) is 5.76. The Bertz CT molecular complexity index is 458. The van der Waals surface area contributed by atoms with Crippen LogP contribution in [0.15, 0.2) is 12.2 Å². The Balaban J connectivity index is 2.62. The molecule has 0 radical (unpaired) electrons. The predicted octanol–water partition coefficient (Wildman–Crippen LogP) is 2.94. The minimum atomic E-state index is -1.00. The van der Waals surface area contributed by atoms with Gasteiger partial charge >= 0.3 is 5.97 Å². The van der Waals surface area contributed by atoms with Crippen LogP contribution in [-0.2, 0) is 14.4 Å². The monoisotopic (exact) mass is 323 g/mol. The summed E-state index contributed by atoms with van der Waals surface area (Å²) in [5, 5.41) is 11.9. The first kappa shape index (κ1) is 19.4. The van der Waals surface area contributed by atoms with Gasteiger partial charge < -0.3 is 10.4 Å². The quantitative estimate of drug-likeness (QED) is 0.639. The Morgan fingerprint density at radius 2 is 2.04 bits per heavy atom. The molecule has 1 aliphatic rings. The molecular formula is C18H29NO4. The van der Waals surface area contributed by atoms with E-state index in [1.807, 2.05) is 32.9 Å². The fraction of sp³-hybridized carbons (Fsp3) is 0.722. The normalized spacial score (nSPS) is 23.9. The highest BCUT2D eigenvalue weighted by atomic mass is 16.4. The Hall–Kier alpha value is -1.65. The number of rotatable bonds is 9. The van der Waals surface area contributed by atoms with Gasteiger partial charge in [0.15, 0.2) is 0 Å². The van der Waals surface area contributed by atoms with E-state index in [1.165, 1.54) is 0 Å². The smallest absolute Gasteiger partial charge is 0.326 e. The first-order chi connectivity index (χ1) is 10.9. The minimum absolute atomic E-state index is 0.0235. The molecule has 0 aromatic heterocycles. The lowest BCUT2D eigenvalue weighted by molar-refractivity contribution is -0.143. The molecule has 23 heavy (non-hydrogen) atoms. The molecule has 1 saturated carbocycles. The number of carbonyl (C=O) groups excluding carboxylic acids is 2. The van der Waals surface area contributed by atoms with Gasteiger partial charge in [0.2, 0.25) is 5.91 Å². The van der Waals surface area contributed by atoms with E-state index in [2.05, 4.69) is 5.32 Å². The summed E-state index contributed by atoms with van der Waals surface area (Å²) in [7, 11) is 0. The van der Waals surface area contributed by atoms with Crippen LogP contribution in [0.4, 0.5) is 0 Å². The summed E-state index contributed by atoms with van der Waals surface area (Å²) in [6.07, 6.45) is 7.82. The second kappa shape index (κ2) is 9.48. The van der Waals surface area contributed by atoms with Crippen LogP contribution in [0.2, 0.25) is 0 Å². The van der Waals surface area contributed by atoms with Crippen molar-refractivity contribution in [1.82, 2.24) is 5.32 Å². The fourth-order valence-corrected chi connectivity index (χ4v) is 3.11. The van der Waals surface area contributed by atoms with Crippen molar-refractivity contribution in [3.63, 3.8) is 0 Å². The van der Waals surface area contributed by atoms with Crippen molar-refractivity contribution in [2.75, 3.05) is 0 Å². The lowest BCUT2D eigenvalue weighted by Gasteiger charge is -2.22. The maximum absolute atomic E-state index is 12.2. The van der Waals surface area contributed by atoms with E-state index in [9.17, 15) is 19.5 Å². The Kier molecular flexibility index (Phi) is 8.00. The van der Waals surface area contributed by atoms with E-state index in [0.29, 0.717) is 19.3 Å². The van der Waals surface area contributed by atoms with E-state index >= 15 is 0 Å². The third kappa shape index (κ3) is 5.81. The van der Waals surface area contributed by atoms with Crippen molar-refractivity contribution in [1.29, 1.82) is 0 Å². The number of allylic oxidation sites excluding steroid dienone is 2. The van der Waals surface area contributed by atoms with Crippen molar-refractivity contribution >= 4 is 17.7 Å². The van der Waals surface area contributed by atoms with Crippen LogP contribution >= 0.6 is 0 Å². The van der Waals surface area contributed by atoms with Crippen molar-refractivity contribution in [3.8, 4) is 0 Å². The summed E-state index contributed by atoms with van der Waals surface area (Å²) < 4.78 is 0. The van der Waals surface area contributed by atoms with E-state index < -0.39 is 12.0 Å². The molecule has 130 valence electrons. The van der Waals surface area contributed by atoms with Crippen LogP contribution in [-0.4, -0.2) is 28.8 Å². The summed E-state index contributed by atoms with van der Waals surface area (Å²) >= 11 is 0. The highest BCUT2D eigenvalue weighted by Crippen LogP contribution is 2.34. The molecule has 1 amide bonds. The number of Topliss-reactive ketones (excluding diaryl/α,β-unsaturated/α-hetero) is 1. The van der Waals surface area contributed by atoms with Gasteiger partial charge in [0.1, 0.15) is 11.8 Å². The number of carboxylic acids is 1. The maximum Gasteiger partial charge on any atom is 0.326 e. The highest BCUT2D eigenvalue weighted by molar-refractivity contribution is 5.87. The topological polar surface area (TPSA) is 83.5 Å². The fourth-order valence-electron chi connectivity index (χ4n) is 3.11. The van der Waals surface area contributed by atoms with Crippen molar-refractivity contribution in [2.45, 2.75) is 65.3 Å². The molecule has 1 fully saturated rings. The second-order valence-corrected chi connectivity index (χ2v) is 6.46. The third-order valence-electron chi connectivity index (χ3n) is 4.78. The van der Waals surface area contributed by atoms with Gasteiger partial charge in [0.25, 0.3) is 0 Å². The third-order valence-corrected chi connectivity index (χ3v) is 4.78. The summed E-state index contributed by atoms with van der Waals surface area (Å²) in [4.78, 5) is 35.5. The number of ketones is 1. The van der Waals surface area contributed by atoms with Crippen LogP contribution in [0.25, 0.3) is 0 Å². The zero-order chi connectivity index (χ0) is 17.4. The largest absolute Gasteiger partial charge is 0.480 e. The molecule has 0 aromatic rings. The van der Waals surface area contributed by atoms with E-state index in [4.69, 9.17) is 0 Å². The second-order valence-electron chi connectivity index (χ2n) is 6.46. The molecule has 5 nitrogen and oxygen atoms in total. The van der Waals surface area contributed by atoms with Crippen molar-refractivity contribution in [3.05, 3.63) is 12.2 Å². The van der Waals surface area contributed by atoms with Gasteiger partial charge in [-0.2, -0.15) is 0 Å². The molecule has 0 heterocycles. The van der Waals surface area contributed by atoms with Gasteiger partial charge in [-0.15, -0.1) is 0 Å². The van der Waals surface area contributed by atoms with Gasteiger partial charge in [0, 0.05) is 18.8 Å². The summed E-state index contributed by atoms with van der Waals surface area (Å²) in [5.74, 6) is -1.24. The Morgan fingerprint density at radius 1 is 1.35 bits per heavy atom. The molecule has 4 atom stereocenters. The molecule has 0 spiro atoms. The molecule has 1 rings (SSSR count). The number of carboxylic acid groups (broad SMARTS) is 1. The average molecular weight is 323 g/mol. The van der Waals surface area contributed by atoms with Gasteiger partial charge in [0.05, 0.1) is 0 Å². The molecule has 0 saturated heterocycles. The highest BCUT2D eigenvalue weighted by Gasteiger charge is 2.35. The van der Waals surface area contributed by atoms with Crippen LogP contribution in [0.5, 0.6) is 0 Å². The molecule has 0 aliphatic heterocycles. The average Bonchev–Trinajstić information content (AvgIpc) is 2.84. The number of amides is 1. The summed E-state index contributed by atoms with van der Waals surface area (Å²) in [6, 6.07) is -0.858. The van der Waals surface area contributed by atoms with Gasteiger partial charge in [-0.1, -0.05) is 39.3 Å². The number of hydrogen-bond acceptors (Lipinski definition) is 3. The lowest BCUT2D eigenvalue weighted by Crippen LogP contribution is -2.45. The maximum atomic E-state index is 12.2. The zero-order valence-corrected chi connectivity index (χ0v) is 14.4. The van der Waals surface area contributed by atoms with Crippen LogP contribution in [0, 0.1) is 17.8 Å². The first-order valence-electron chi connectivity index (χ1n) is 8.60. The Morgan fingerprint density at radius 3 is 2.61 bits per heavy atom. The molecule has 5 heteroatoms. The van der Waals surface area contributed by atoms with Gasteiger partial charge in [-0.3, -0.25) is 9.59 Å². The van der Waals surface area contributed by atoms with Crippen molar-refractivity contribution < 1.29 is 19.5 Å². The minimum Gasteiger partial charge on any atom is -0.480 e. The van der Waals surface area contributed by atoms with Crippen LogP contribution in [0.1, 0.15) is 59.3 Å². The van der Waals surface area contributed by atoms with Crippen LogP contribution in [0.3, 0.4) is 0 Å². The molecule has 1 unspecified atom stereocenters. The van der Waals surface area contributed by atoms with Crippen molar-refractivity contribution in [2.24, 2.45) is 17.8 Å². The molecule has 2 N–H and O–H groups in total. The zero-order valence-electron chi connectivity index (χ0n) is 14.4. The van der Waals surface area contributed by atoms with Gasteiger partial charge in [-0.05, 0) is 31.1 Å². The predicted molar refractivity (Wildman–Crippen MR) is 88.9 cm³/mol. The number of hydrogen-bond donors (Lipinski definition) is 2. The van der Waals surface area contributed by atoms with Gasteiger partial charge in [-0.25, -0.2) is 4.79 Å². The Labute approximate surface area is 138 Å². The molecule has 0 bridgehead atoms. The van der Waals surface area contributed by atoms with Crippen LogP contribution < -0.4 is 5.32 Å². The van der Waals surface area contributed by atoms with E-state index in [-0.39, 0.29) is 35.9 Å². The molecular weight excluding hydrogens is 294 g/mol. The number of nitrogens with one attached hydrogen (secondary N) is 1. The van der Waals surface area contributed by atoms with E-state index in [1.54, 1.807) is 0 Å². The first-order valence-corrected chi connectivity index (χ1v) is 8.60. The number of aliphatic carboxylic acids is 1. The van der Waals surface area contributed by atoms with E-state index in [0.717, 1.165) is 12.8 Å². The molecule has 1 aliphatic carbocycles. The number of carbonyl (C=O) groups is 3. The SMILES string of the molecule is CC/C=C\CC1C(=O)CC[C@@H]1CC(=O)N[C@H](C(=O)O)[C@@H](C)CC. The standard InChI is InChI=1S/C18H29NO4/c1-4-6-7-8-14-13(9-10-15(14)20)11-16(21)19-17(18(22)23)12(3)5-2/h6-7,12-14,17H,4-5,8-11H2,1-3H3,(H,19,21)(H,22,23)/b7-6-/t12-,13+,14?,17-/m0/s1. The summed E-state index contributed by atoms with van der Waals surface area (Å²) in [5.41, 5.74) is 0. The lowest BCUT2D eigenvalue weighted by atomic mass is 9.89. The molecule has 0 aromatic carbocycles.